The van der Waals surface area contributed by atoms with E-state index in [-0.39, 0.29) is 17.6 Å². The molecule has 0 radical (unpaired) electrons. The maximum absolute atomic E-state index is 13.6. The fourth-order valence-electron chi connectivity index (χ4n) is 6.73. The molecule has 3 aliphatic rings. The lowest BCUT2D eigenvalue weighted by Crippen LogP contribution is -2.46. The molecule has 0 aromatic heterocycles. The van der Waals surface area contributed by atoms with Crippen LogP contribution < -0.4 is 4.90 Å². The van der Waals surface area contributed by atoms with Crippen LogP contribution in [0.3, 0.4) is 0 Å². The number of carboxylic acids is 1. The van der Waals surface area contributed by atoms with Gasteiger partial charge in [0.25, 0.3) is 0 Å². The minimum Gasteiger partial charge on any atom is -0.481 e. The minimum atomic E-state index is -0.874. The number of unbranched alkanes of at least 4 members (excludes halogenated alkanes) is 1. The van der Waals surface area contributed by atoms with E-state index in [0.29, 0.717) is 5.57 Å². The summed E-state index contributed by atoms with van der Waals surface area (Å²) in [4.78, 5) is 27.2. The number of benzene rings is 2. The molecule has 6 nitrogen and oxygen atoms in total. The molecule has 6 heteroatoms. The van der Waals surface area contributed by atoms with Gasteiger partial charge in [0, 0.05) is 53.0 Å². The zero-order valence-corrected chi connectivity index (χ0v) is 24.5. The van der Waals surface area contributed by atoms with Gasteiger partial charge in [-0.3, -0.25) is 9.59 Å². The predicted molar refractivity (Wildman–Crippen MR) is 159 cm³/mol. The molecular weight excluding hydrogens is 500 g/mol. The van der Waals surface area contributed by atoms with E-state index < -0.39 is 23.4 Å². The van der Waals surface area contributed by atoms with Crippen molar-refractivity contribution < 1.29 is 24.4 Å². The number of carbonyl (C=O) groups excluding carboxylic acids is 1. The summed E-state index contributed by atoms with van der Waals surface area (Å²) in [5, 5.41) is 20.7. The Hall–Kier alpha value is -3.51. The number of aliphatic hydroxyl groups is 1. The molecule has 0 bridgehead atoms. The average Bonchev–Trinajstić information content (AvgIpc) is 3.26. The molecule has 2 unspecified atom stereocenters. The van der Waals surface area contributed by atoms with Gasteiger partial charge in [-0.2, -0.15) is 4.58 Å². The second kappa shape index (κ2) is 10.2. The van der Waals surface area contributed by atoms with Gasteiger partial charge in [0.1, 0.15) is 6.54 Å². The van der Waals surface area contributed by atoms with Crippen LogP contribution in [-0.2, 0) is 26.8 Å². The standard InChI is InChI=1S/C34H40N2O4/c1-7-9-16-36-27-15-14-21(18-30(37)38)17-25(27)34(5,6)29(36)20-23-31(39)22(32(23)40)19-28-33(3,4)24-12-10-11-13-26(24)35(28)8-2/h10-15,17,19-20,22,31,39H,7-9,16,18H2,1-6H3/p+1. The van der Waals surface area contributed by atoms with Crippen LogP contribution in [0.4, 0.5) is 11.4 Å². The van der Waals surface area contributed by atoms with Gasteiger partial charge in [0.15, 0.2) is 11.5 Å². The number of aliphatic hydroxyl groups excluding tert-OH is 1. The van der Waals surface area contributed by atoms with Crippen LogP contribution in [0.25, 0.3) is 0 Å². The summed E-state index contributed by atoms with van der Waals surface area (Å²) in [7, 11) is 0. The van der Waals surface area contributed by atoms with Crippen molar-refractivity contribution in [1.29, 1.82) is 0 Å². The summed E-state index contributed by atoms with van der Waals surface area (Å²) in [6.07, 6.45) is 4.99. The van der Waals surface area contributed by atoms with Crippen molar-refractivity contribution in [2.75, 3.05) is 18.0 Å². The summed E-state index contributed by atoms with van der Waals surface area (Å²) in [6, 6.07) is 14.2. The maximum atomic E-state index is 13.6. The van der Waals surface area contributed by atoms with Crippen LogP contribution >= 0.6 is 0 Å². The lowest BCUT2D eigenvalue weighted by molar-refractivity contribution is -0.438. The molecular formula is C34H41N2O4+. The van der Waals surface area contributed by atoms with Gasteiger partial charge in [-0.25, -0.2) is 0 Å². The molecule has 5 rings (SSSR count). The lowest BCUT2D eigenvalue weighted by Gasteiger charge is -2.35. The molecule has 0 amide bonds. The third-order valence-corrected chi connectivity index (χ3v) is 9.04. The third kappa shape index (κ3) is 4.33. The molecule has 2 N–H and O–H groups in total. The number of para-hydroxylation sites is 1. The van der Waals surface area contributed by atoms with E-state index in [1.165, 1.54) is 5.56 Å². The first-order valence-electron chi connectivity index (χ1n) is 14.5. The zero-order chi connectivity index (χ0) is 29.0. The topological polar surface area (TPSA) is 80.8 Å². The summed E-state index contributed by atoms with van der Waals surface area (Å²) < 4.78 is 2.25. The molecule has 2 aromatic rings. The molecule has 40 heavy (non-hydrogen) atoms. The molecule has 1 aliphatic carbocycles. The van der Waals surface area contributed by atoms with Gasteiger partial charge in [-0.15, -0.1) is 0 Å². The minimum absolute atomic E-state index is 0.0305. The van der Waals surface area contributed by atoms with Gasteiger partial charge in [-0.05, 0) is 44.0 Å². The number of hydrogen-bond donors (Lipinski definition) is 2. The van der Waals surface area contributed by atoms with Crippen LogP contribution in [-0.4, -0.2) is 51.4 Å². The van der Waals surface area contributed by atoms with E-state index in [9.17, 15) is 19.8 Å². The first-order chi connectivity index (χ1) is 18.9. The van der Waals surface area contributed by atoms with Gasteiger partial charge in [-0.1, -0.05) is 57.5 Å². The largest absolute Gasteiger partial charge is 0.481 e. The smallest absolute Gasteiger partial charge is 0.307 e. The van der Waals surface area contributed by atoms with E-state index in [4.69, 9.17) is 0 Å². The number of aliphatic carboxylic acids is 1. The Balaban J connectivity index is 1.50. The molecule has 2 aromatic carbocycles. The van der Waals surface area contributed by atoms with Crippen molar-refractivity contribution in [3.05, 3.63) is 82.6 Å². The van der Waals surface area contributed by atoms with Crippen LogP contribution in [0.2, 0.25) is 0 Å². The van der Waals surface area contributed by atoms with Crippen molar-refractivity contribution >= 4 is 28.8 Å². The third-order valence-electron chi connectivity index (χ3n) is 9.04. The fourth-order valence-corrected chi connectivity index (χ4v) is 6.73. The van der Waals surface area contributed by atoms with E-state index >= 15 is 0 Å². The number of anilines is 1. The lowest BCUT2D eigenvalue weighted by atomic mass is 9.71. The maximum Gasteiger partial charge on any atom is 0.307 e. The first-order valence-corrected chi connectivity index (χ1v) is 14.5. The summed E-state index contributed by atoms with van der Waals surface area (Å²) in [5.74, 6) is -1.48. The summed E-state index contributed by atoms with van der Waals surface area (Å²) in [5.41, 5.74) is 7.02. The molecule has 210 valence electrons. The predicted octanol–water partition coefficient (Wildman–Crippen LogP) is 5.68. The average molecular weight is 542 g/mol. The van der Waals surface area contributed by atoms with Crippen LogP contribution in [0.15, 0.2) is 65.9 Å². The van der Waals surface area contributed by atoms with Gasteiger partial charge < -0.3 is 15.1 Å². The van der Waals surface area contributed by atoms with Gasteiger partial charge in [0.05, 0.1) is 23.9 Å². The van der Waals surface area contributed by atoms with Crippen molar-refractivity contribution in [2.24, 2.45) is 5.92 Å². The molecule has 0 spiro atoms. The SMILES string of the molecule is CCCC[N+]1=C(C=C2C(=O)C(C=C3N(CC)c4ccccc4C3(C)C)C2O)C(C)(C)c2cc(CC(=O)O)ccc21. The summed E-state index contributed by atoms with van der Waals surface area (Å²) in [6.45, 7) is 14.4. The first kappa shape index (κ1) is 28.0. The number of Topliss-reactive ketones (excluding diaryl/α,β-unsaturated/α-hetero) is 1. The number of carboxylic acid groups (broad SMARTS) is 1. The van der Waals surface area contributed by atoms with Crippen LogP contribution in [0.1, 0.15) is 71.1 Å². The van der Waals surface area contributed by atoms with Crippen molar-refractivity contribution in [2.45, 2.75) is 77.7 Å². The van der Waals surface area contributed by atoms with Crippen molar-refractivity contribution in [3.63, 3.8) is 0 Å². The highest BCUT2D eigenvalue weighted by Crippen LogP contribution is 2.49. The van der Waals surface area contributed by atoms with Gasteiger partial charge in [0.2, 0.25) is 5.69 Å². The molecule has 1 fully saturated rings. The normalized spacial score (nSPS) is 24.5. The zero-order valence-electron chi connectivity index (χ0n) is 24.5. The Kier molecular flexibility index (Phi) is 7.11. The quantitative estimate of drug-likeness (QED) is 0.332. The molecule has 2 aliphatic heterocycles. The number of hydrogen-bond acceptors (Lipinski definition) is 4. The highest BCUT2D eigenvalue weighted by atomic mass is 16.4. The second-order valence-corrected chi connectivity index (χ2v) is 12.3. The number of likely N-dealkylation sites (N-methyl/N-ethyl adjacent to an activating group) is 1. The number of carbonyl (C=O) groups is 2. The van der Waals surface area contributed by atoms with Gasteiger partial charge >= 0.3 is 5.97 Å². The Labute approximate surface area is 237 Å². The Bertz CT molecular complexity index is 1480. The number of rotatable bonds is 8. The van der Waals surface area contributed by atoms with E-state index in [1.807, 2.05) is 36.4 Å². The molecule has 2 heterocycles. The second-order valence-electron chi connectivity index (χ2n) is 12.3. The van der Waals surface area contributed by atoms with E-state index in [0.717, 1.165) is 59.8 Å². The van der Waals surface area contributed by atoms with Crippen molar-refractivity contribution in [1.82, 2.24) is 0 Å². The molecule has 1 saturated carbocycles. The molecule has 0 saturated heterocycles. The number of fused-ring (bicyclic) bond motifs is 2. The van der Waals surface area contributed by atoms with E-state index in [2.05, 4.69) is 69.2 Å². The Morgan fingerprint density at radius 3 is 2.42 bits per heavy atom. The van der Waals surface area contributed by atoms with Crippen LogP contribution in [0, 0.1) is 5.92 Å². The Morgan fingerprint density at radius 2 is 1.77 bits per heavy atom. The van der Waals surface area contributed by atoms with E-state index in [1.54, 1.807) is 0 Å². The highest BCUT2D eigenvalue weighted by molar-refractivity contribution is 6.14. The monoisotopic (exact) mass is 541 g/mol. The highest BCUT2D eigenvalue weighted by Gasteiger charge is 2.50. The van der Waals surface area contributed by atoms with Crippen LogP contribution in [0.5, 0.6) is 0 Å². The number of allylic oxidation sites excluding steroid dienone is 2. The Morgan fingerprint density at radius 1 is 1.05 bits per heavy atom. The number of nitrogens with zero attached hydrogens (tertiary/aromatic N) is 2. The number of ketones is 1. The molecule has 2 atom stereocenters. The summed E-state index contributed by atoms with van der Waals surface area (Å²) >= 11 is 0. The van der Waals surface area contributed by atoms with Crippen molar-refractivity contribution in [3.8, 4) is 0 Å². The fraction of sp³-hybridized carbons (Fsp3) is 0.441.